The highest BCUT2D eigenvalue weighted by Crippen LogP contribution is 2.30. The molecule has 0 aliphatic carbocycles. The molecule has 1 aliphatic heterocycles. The van der Waals surface area contributed by atoms with Gasteiger partial charge < -0.3 is 9.64 Å². The minimum Gasteiger partial charge on any atom is -0.471 e. The van der Waals surface area contributed by atoms with Crippen LogP contribution in [0.1, 0.15) is 21.5 Å². The highest BCUT2D eigenvalue weighted by atomic mass is 19.4. The van der Waals surface area contributed by atoms with Crippen LogP contribution in [-0.4, -0.2) is 39.9 Å². The number of nitrogens with zero attached hydrogens (tertiary/aromatic N) is 3. The van der Waals surface area contributed by atoms with E-state index in [9.17, 15) is 28.1 Å². The smallest absolute Gasteiger partial charge is 0.417 e. The van der Waals surface area contributed by atoms with Gasteiger partial charge in [-0.1, -0.05) is 6.07 Å². The van der Waals surface area contributed by atoms with Crippen molar-refractivity contribution >= 4 is 11.6 Å². The van der Waals surface area contributed by atoms with Crippen molar-refractivity contribution in [3.8, 4) is 5.88 Å². The molecular weight excluding hydrogens is 367 g/mol. The van der Waals surface area contributed by atoms with Crippen molar-refractivity contribution in [2.45, 2.75) is 19.2 Å². The van der Waals surface area contributed by atoms with Crippen LogP contribution in [0.2, 0.25) is 0 Å². The second-order valence-corrected chi connectivity index (χ2v) is 6.04. The number of aromatic nitrogens is 1. The number of ether oxygens (including phenoxy) is 1. The van der Waals surface area contributed by atoms with Crippen LogP contribution >= 0.6 is 0 Å². The number of carbonyl (C=O) groups is 1. The van der Waals surface area contributed by atoms with Gasteiger partial charge in [0.15, 0.2) is 0 Å². The van der Waals surface area contributed by atoms with Crippen LogP contribution in [0.5, 0.6) is 5.88 Å². The van der Waals surface area contributed by atoms with E-state index in [1.165, 1.54) is 30.0 Å². The maximum absolute atomic E-state index is 12.5. The van der Waals surface area contributed by atoms with Gasteiger partial charge in [0.05, 0.1) is 23.6 Å². The Morgan fingerprint density at radius 2 is 2.00 bits per heavy atom. The number of carbonyl (C=O) groups excluding carboxylic acids is 1. The van der Waals surface area contributed by atoms with Crippen LogP contribution in [0.25, 0.3) is 0 Å². The van der Waals surface area contributed by atoms with Gasteiger partial charge in [-0.25, -0.2) is 4.98 Å². The molecule has 1 aromatic heterocycles. The third kappa shape index (κ3) is 3.83. The molecule has 7 nitrogen and oxygen atoms in total. The van der Waals surface area contributed by atoms with Crippen molar-refractivity contribution in [3.63, 3.8) is 0 Å². The van der Waals surface area contributed by atoms with Crippen molar-refractivity contribution in [1.82, 2.24) is 9.88 Å². The number of pyridine rings is 1. The highest BCUT2D eigenvalue weighted by molar-refractivity contribution is 5.97. The lowest BCUT2D eigenvalue weighted by Crippen LogP contribution is -2.56. The van der Waals surface area contributed by atoms with Gasteiger partial charge in [-0.2, -0.15) is 13.2 Å². The molecule has 0 N–H and O–H groups in total. The van der Waals surface area contributed by atoms with Crippen LogP contribution in [-0.2, 0) is 6.18 Å². The summed E-state index contributed by atoms with van der Waals surface area (Å²) in [5.41, 5.74) is -0.499. The zero-order valence-electron chi connectivity index (χ0n) is 14.1. The minimum atomic E-state index is -4.47. The molecule has 2 heterocycles. The number of likely N-dealkylation sites (tertiary alicyclic amines) is 1. The third-order valence-corrected chi connectivity index (χ3v) is 4.22. The van der Waals surface area contributed by atoms with Crippen LogP contribution in [0.15, 0.2) is 36.5 Å². The molecule has 0 bridgehead atoms. The van der Waals surface area contributed by atoms with E-state index in [0.717, 1.165) is 12.1 Å². The van der Waals surface area contributed by atoms with Crippen molar-refractivity contribution < 1.29 is 27.6 Å². The molecule has 0 unspecified atom stereocenters. The SMILES string of the molecule is Cc1c(C(=O)N2CC(Oc3ccc(C(F)(F)F)cn3)C2)cccc1[N+](=O)[O-]. The van der Waals surface area contributed by atoms with Crippen LogP contribution in [0.3, 0.4) is 0 Å². The van der Waals surface area contributed by atoms with Gasteiger partial charge in [-0.3, -0.25) is 14.9 Å². The first-order valence-electron chi connectivity index (χ1n) is 7.90. The van der Waals surface area contributed by atoms with Gasteiger partial charge >= 0.3 is 6.18 Å². The summed E-state index contributed by atoms with van der Waals surface area (Å²) >= 11 is 0. The lowest BCUT2D eigenvalue weighted by atomic mass is 10.0. The first-order chi connectivity index (χ1) is 12.7. The standard InChI is InChI=1S/C17H14F3N3O4/c1-10-13(3-2-4-14(10)23(25)26)16(24)22-8-12(9-22)27-15-6-5-11(7-21-15)17(18,19)20/h2-7,12H,8-9H2,1H3. The number of rotatable bonds is 4. The van der Waals surface area contributed by atoms with Crippen molar-refractivity contribution in [2.24, 2.45) is 0 Å². The van der Waals surface area contributed by atoms with Crippen LogP contribution < -0.4 is 4.74 Å². The Morgan fingerprint density at radius 3 is 2.56 bits per heavy atom. The number of halogens is 3. The Labute approximate surface area is 151 Å². The molecule has 1 saturated heterocycles. The van der Waals surface area contributed by atoms with E-state index < -0.39 is 22.8 Å². The summed E-state index contributed by atoms with van der Waals surface area (Å²) in [6, 6.07) is 6.27. The summed E-state index contributed by atoms with van der Waals surface area (Å²) in [6.45, 7) is 1.93. The predicted molar refractivity (Wildman–Crippen MR) is 87.4 cm³/mol. The summed E-state index contributed by atoms with van der Waals surface area (Å²) in [5, 5.41) is 11.0. The van der Waals surface area contributed by atoms with E-state index in [2.05, 4.69) is 4.98 Å². The van der Waals surface area contributed by atoms with Gasteiger partial charge in [0.25, 0.3) is 11.6 Å². The van der Waals surface area contributed by atoms with Gasteiger partial charge in [0.1, 0.15) is 6.10 Å². The predicted octanol–water partition coefficient (Wildman–Crippen LogP) is 3.22. The number of hydrogen-bond acceptors (Lipinski definition) is 5. The Morgan fingerprint density at radius 1 is 1.30 bits per heavy atom. The maximum Gasteiger partial charge on any atom is 0.417 e. The average molecular weight is 381 g/mol. The molecule has 1 amide bonds. The fourth-order valence-electron chi connectivity index (χ4n) is 2.69. The first kappa shape index (κ1) is 18.6. The van der Waals surface area contributed by atoms with Crippen molar-refractivity contribution in [3.05, 3.63) is 63.3 Å². The van der Waals surface area contributed by atoms with Gasteiger partial charge in [0, 0.05) is 29.5 Å². The number of nitro benzene ring substituents is 1. The molecule has 0 atom stereocenters. The number of benzene rings is 1. The number of amides is 1. The van der Waals surface area contributed by atoms with Crippen LogP contribution in [0.4, 0.5) is 18.9 Å². The molecule has 1 aromatic carbocycles. The molecule has 27 heavy (non-hydrogen) atoms. The molecule has 10 heteroatoms. The summed E-state index contributed by atoms with van der Waals surface area (Å²) < 4.78 is 43.0. The fourth-order valence-corrected chi connectivity index (χ4v) is 2.69. The number of nitro groups is 1. The molecule has 142 valence electrons. The lowest BCUT2D eigenvalue weighted by molar-refractivity contribution is -0.385. The molecule has 3 rings (SSSR count). The summed E-state index contributed by atoms with van der Waals surface area (Å²) in [4.78, 5) is 28.0. The van der Waals surface area contributed by atoms with E-state index in [0.29, 0.717) is 6.20 Å². The summed E-state index contributed by atoms with van der Waals surface area (Å²) in [6.07, 6.45) is -4.19. The van der Waals surface area contributed by atoms with Gasteiger partial charge in [-0.15, -0.1) is 0 Å². The largest absolute Gasteiger partial charge is 0.471 e. The molecule has 1 fully saturated rings. The fraction of sp³-hybridized carbons (Fsp3) is 0.294. The Balaban J connectivity index is 1.60. The normalized spacial score (nSPS) is 14.6. The third-order valence-electron chi connectivity index (χ3n) is 4.22. The quantitative estimate of drug-likeness (QED) is 0.600. The molecule has 2 aromatic rings. The van der Waals surface area contributed by atoms with E-state index in [-0.39, 0.29) is 41.7 Å². The maximum atomic E-state index is 12.5. The monoisotopic (exact) mass is 381 g/mol. The minimum absolute atomic E-state index is 0.0339. The van der Waals surface area contributed by atoms with E-state index in [1.54, 1.807) is 0 Å². The topological polar surface area (TPSA) is 85.6 Å². The molecular formula is C17H14F3N3O4. The zero-order chi connectivity index (χ0) is 19.8. The summed E-state index contributed by atoms with van der Waals surface area (Å²) in [7, 11) is 0. The first-order valence-corrected chi connectivity index (χ1v) is 7.90. The van der Waals surface area contributed by atoms with E-state index >= 15 is 0 Å². The van der Waals surface area contributed by atoms with Crippen molar-refractivity contribution in [2.75, 3.05) is 13.1 Å². The zero-order valence-corrected chi connectivity index (χ0v) is 14.1. The van der Waals surface area contributed by atoms with Crippen LogP contribution in [0, 0.1) is 17.0 Å². The average Bonchev–Trinajstić information content (AvgIpc) is 2.56. The van der Waals surface area contributed by atoms with Crippen molar-refractivity contribution in [1.29, 1.82) is 0 Å². The highest BCUT2D eigenvalue weighted by Gasteiger charge is 2.35. The number of hydrogen-bond donors (Lipinski definition) is 0. The second-order valence-electron chi connectivity index (χ2n) is 6.04. The molecule has 0 saturated carbocycles. The Hall–Kier alpha value is -3.17. The van der Waals surface area contributed by atoms with E-state index in [1.807, 2.05) is 0 Å². The Bertz CT molecular complexity index is 878. The number of alkyl halides is 3. The van der Waals surface area contributed by atoms with E-state index in [4.69, 9.17) is 4.74 Å². The van der Waals surface area contributed by atoms with Gasteiger partial charge in [0.2, 0.25) is 5.88 Å². The molecule has 1 aliphatic rings. The molecule has 0 radical (unpaired) electrons. The second kappa shape index (κ2) is 6.86. The summed E-state index contributed by atoms with van der Waals surface area (Å²) in [5.74, 6) is -0.331. The lowest BCUT2D eigenvalue weighted by Gasteiger charge is -2.38. The van der Waals surface area contributed by atoms with Gasteiger partial charge in [-0.05, 0) is 19.1 Å². The molecule has 0 spiro atoms. The Kier molecular flexibility index (Phi) is 4.73.